The molecule has 0 bridgehead atoms. The number of fused-ring (bicyclic) bond motifs is 3. The molecule has 8 nitrogen and oxygen atoms in total. The van der Waals surface area contributed by atoms with Crippen LogP contribution < -0.4 is 9.80 Å². The van der Waals surface area contributed by atoms with E-state index in [-0.39, 0.29) is 43.8 Å². The molecule has 3 amide bonds. The molecule has 0 aromatic heterocycles. The number of nitrogens with zero attached hydrogens (tertiary/aromatic N) is 3. The molecule has 3 heterocycles. The van der Waals surface area contributed by atoms with E-state index in [9.17, 15) is 14.7 Å². The van der Waals surface area contributed by atoms with Crippen LogP contribution in [0.25, 0.3) is 0 Å². The second kappa shape index (κ2) is 13.2. The minimum atomic E-state index is -3.57. The van der Waals surface area contributed by atoms with Crippen molar-refractivity contribution in [1.82, 2.24) is 4.90 Å². The molecule has 0 unspecified atom stereocenters. The number of rotatable bonds is 9. The van der Waals surface area contributed by atoms with Crippen LogP contribution in [0.3, 0.4) is 0 Å². The van der Waals surface area contributed by atoms with Gasteiger partial charge in [0, 0.05) is 47.9 Å². The third-order valence-electron chi connectivity index (χ3n) is 10.5. The second-order valence-electron chi connectivity index (χ2n) is 14.0. The molecule has 0 aliphatic carbocycles. The molecule has 1 N–H and O–H groups in total. The first-order valence-corrected chi connectivity index (χ1v) is 20.2. The predicted octanol–water partition coefficient (Wildman–Crippen LogP) is 7.16. The van der Waals surface area contributed by atoms with Crippen molar-refractivity contribution in [2.45, 2.75) is 63.1 Å². The monoisotopic (exact) mass is 691 g/mol. The molecule has 1 saturated heterocycles. The van der Waals surface area contributed by atoms with Crippen molar-refractivity contribution >= 4 is 48.9 Å². The summed E-state index contributed by atoms with van der Waals surface area (Å²) in [5.74, 6) is -1.31. The van der Waals surface area contributed by atoms with Gasteiger partial charge in [-0.1, -0.05) is 73.7 Å². The third kappa shape index (κ3) is 5.75. The lowest BCUT2D eigenvalue weighted by Gasteiger charge is -2.32. The Morgan fingerprint density at radius 2 is 1.58 bits per heavy atom. The number of aliphatic hydroxyl groups is 1. The van der Waals surface area contributed by atoms with Crippen LogP contribution in [0.2, 0.25) is 18.6 Å². The van der Waals surface area contributed by atoms with Gasteiger partial charge in [0.05, 0.1) is 30.5 Å². The first-order chi connectivity index (χ1) is 24.0. The van der Waals surface area contributed by atoms with Crippen LogP contribution in [0.5, 0.6) is 0 Å². The van der Waals surface area contributed by atoms with Gasteiger partial charge in [0.15, 0.2) is 5.60 Å². The van der Waals surface area contributed by atoms with E-state index in [4.69, 9.17) is 4.74 Å². The molecule has 3 aliphatic rings. The van der Waals surface area contributed by atoms with Gasteiger partial charge >= 0.3 is 0 Å². The highest BCUT2D eigenvalue weighted by Crippen LogP contribution is 2.61. The summed E-state index contributed by atoms with van der Waals surface area (Å²) in [5.41, 5.74) is 2.85. The first-order valence-electron chi connectivity index (χ1n) is 17.3. The molecule has 50 heavy (non-hydrogen) atoms. The van der Waals surface area contributed by atoms with E-state index in [2.05, 4.69) is 0 Å². The maximum absolute atomic E-state index is 16.6. The van der Waals surface area contributed by atoms with Gasteiger partial charge in [-0.25, -0.2) is 0 Å². The summed E-state index contributed by atoms with van der Waals surface area (Å²) >= 11 is 0. The van der Waals surface area contributed by atoms with Gasteiger partial charge in [0.1, 0.15) is 0 Å². The number of anilines is 4. The van der Waals surface area contributed by atoms with Crippen molar-refractivity contribution in [2.75, 3.05) is 23.0 Å². The largest absolute Gasteiger partial charge is 0.395 e. The first kappa shape index (κ1) is 33.8. The lowest BCUT2D eigenvalue weighted by Crippen LogP contribution is -2.44. The van der Waals surface area contributed by atoms with Crippen LogP contribution in [-0.2, 0) is 37.7 Å². The number of benzene rings is 4. The topological polar surface area (TPSA) is 90.4 Å². The second-order valence-corrected chi connectivity index (χ2v) is 17.8. The van der Waals surface area contributed by atoms with E-state index >= 15 is 8.90 Å². The molecule has 258 valence electrons. The average molecular weight is 692 g/mol. The summed E-state index contributed by atoms with van der Waals surface area (Å²) in [7, 11) is -3.57. The Bertz CT molecular complexity index is 1920. The maximum Gasteiger partial charge on any atom is 0.268 e. The smallest absolute Gasteiger partial charge is 0.268 e. The minimum Gasteiger partial charge on any atom is -0.395 e. The van der Waals surface area contributed by atoms with Crippen molar-refractivity contribution in [3.63, 3.8) is 0 Å². The molecule has 0 radical (unpaired) electrons. The molecule has 4 atom stereocenters. The van der Waals surface area contributed by atoms with Crippen molar-refractivity contribution in [3.05, 3.63) is 120 Å². The van der Waals surface area contributed by atoms with E-state index in [1.54, 1.807) is 27.8 Å². The number of hydrogen-bond donors (Lipinski definition) is 1. The Hall–Kier alpha value is -4.64. The minimum absolute atomic E-state index is 0.0524. The Morgan fingerprint density at radius 1 is 0.900 bits per heavy atom. The molecule has 10 heteroatoms. The van der Waals surface area contributed by atoms with Gasteiger partial charge in [0.2, 0.25) is 20.2 Å². The highest BCUT2D eigenvalue weighted by Gasteiger charge is 2.67. The zero-order valence-electron chi connectivity index (χ0n) is 28.6. The number of para-hydroxylation sites is 2. The van der Waals surface area contributed by atoms with E-state index in [0.717, 1.165) is 16.8 Å². The van der Waals surface area contributed by atoms with Crippen molar-refractivity contribution in [1.29, 1.82) is 0 Å². The average Bonchev–Trinajstić information content (AvgIpc) is 3.54. The number of aliphatic hydroxyl groups excluding tert-OH is 1. The quantitative estimate of drug-likeness (QED) is 0.149. The Morgan fingerprint density at radius 3 is 2.28 bits per heavy atom. The number of hydrogen-bond acceptors (Lipinski definition) is 5. The fraction of sp³-hybridized carbons (Fsp3) is 0.325. The SMILES string of the molecule is C[C@@H]1[C@@H]([Si](C)(C)F)[C@H](CC(=O)N(CCO)Cc2ccccc2)O[C@@]12C(=O)N(c1ccccc1)c1ccc(N3C(=O)CCc4ccccc43)cc12. The molecule has 3 aliphatic heterocycles. The third-order valence-corrected chi connectivity index (χ3v) is 13.0. The summed E-state index contributed by atoms with van der Waals surface area (Å²) in [5, 5.41) is 9.85. The number of ether oxygens (including phenoxy) is 1. The van der Waals surface area contributed by atoms with Gasteiger partial charge in [-0.05, 0) is 67.0 Å². The molecule has 7 rings (SSSR count). The van der Waals surface area contributed by atoms with Crippen LogP contribution in [0.15, 0.2) is 103 Å². The zero-order chi connectivity index (χ0) is 35.2. The number of amides is 3. The van der Waals surface area contributed by atoms with Crippen LogP contribution in [0.4, 0.5) is 26.9 Å². The Labute approximate surface area is 293 Å². The lowest BCUT2D eigenvalue weighted by atomic mass is 9.82. The van der Waals surface area contributed by atoms with E-state index in [1.165, 1.54) is 0 Å². The summed E-state index contributed by atoms with van der Waals surface area (Å²) < 4.78 is 23.5. The van der Waals surface area contributed by atoms with E-state index < -0.39 is 31.6 Å². The standard InChI is InChI=1S/C40H42FN3O5Si/c1-27-38(50(2,3)41)35(25-37(47)42(22-23-45)26-28-12-6-4-7-13-28)49-40(27)32-24-31(43-33-17-11-10-14-29(33)18-21-36(43)46)19-20-34(32)44(39(40)48)30-15-8-5-9-16-30/h4-17,19-20,24,27,35,38,45H,18,21-23,25-26H2,1-3H3/t27-,35+,38-,40+/m1/s1. The van der Waals surface area contributed by atoms with Gasteiger partial charge in [-0.3, -0.25) is 24.2 Å². The van der Waals surface area contributed by atoms with Crippen molar-refractivity contribution in [3.8, 4) is 0 Å². The fourth-order valence-corrected chi connectivity index (χ4v) is 10.9. The molecule has 1 fully saturated rings. The van der Waals surface area contributed by atoms with E-state index in [1.807, 2.05) is 110 Å². The summed E-state index contributed by atoms with van der Waals surface area (Å²) in [6.07, 6.45) is -0.0427. The number of aryl methyl sites for hydroxylation is 1. The van der Waals surface area contributed by atoms with Crippen LogP contribution in [0.1, 0.15) is 36.5 Å². The Kier molecular flexibility index (Phi) is 8.96. The summed E-state index contributed by atoms with van der Waals surface area (Å²) in [6.45, 7) is 5.25. The molecular weight excluding hydrogens is 650 g/mol. The van der Waals surface area contributed by atoms with Crippen LogP contribution >= 0.6 is 0 Å². The van der Waals surface area contributed by atoms with Gasteiger partial charge < -0.3 is 18.9 Å². The van der Waals surface area contributed by atoms with Gasteiger partial charge in [0.25, 0.3) is 5.91 Å². The number of carbonyl (C=O) groups is 3. The van der Waals surface area contributed by atoms with Crippen LogP contribution in [0, 0.1) is 5.92 Å². The fourth-order valence-electron chi connectivity index (χ4n) is 8.36. The van der Waals surface area contributed by atoms with Crippen LogP contribution in [-0.4, -0.2) is 55.4 Å². The number of carbonyl (C=O) groups excluding carboxylic acids is 3. The van der Waals surface area contributed by atoms with E-state index in [0.29, 0.717) is 35.5 Å². The number of halogens is 1. The molecule has 0 saturated carbocycles. The van der Waals surface area contributed by atoms with Crippen molar-refractivity contribution in [2.24, 2.45) is 5.92 Å². The highest BCUT2D eigenvalue weighted by molar-refractivity contribution is 6.72. The normalized spacial score (nSPS) is 22.9. The predicted molar refractivity (Wildman–Crippen MR) is 194 cm³/mol. The molecule has 4 aromatic rings. The lowest BCUT2D eigenvalue weighted by molar-refractivity contribution is -0.149. The zero-order valence-corrected chi connectivity index (χ0v) is 29.6. The molecule has 1 spiro atoms. The van der Waals surface area contributed by atoms with Gasteiger partial charge in [-0.2, -0.15) is 0 Å². The molecular formula is C40H42FN3O5Si. The molecule has 4 aromatic carbocycles. The summed E-state index contributed by atoms with van der Waals surface area (Å²) in [4.78, 5) is 47.4. The Balaban J connectivity index is 1.33. The summed E-state index contributed by atoms with van der Waals surface area (Å²) in [6, 6.07) is 32.1. The van der Waals surface area contributed by atoms with Gasteiger partial charge in [-0.15, -0.1) is 0 Å². The maximum atomic E-state index is 16.6. The van der Waals surface area contributed by atoms with Crippen molar-refractivity contribution < 1.29 is 28.3 Å². The highest BCUT2D eigenvalue weighted by atomic mass is 28.4.